The molecule has 2 N–H and O–H groups in total. The highest BCUT2D eigenvalue weighted by Gasteiger charge is 2.27. The van der Waals surface area contributed by atoms with Crippen molar-refractivity contribution < 1.29 is 19.4 Å². The zero-order chi connectivity index (χ0) is 17.8. The minimum atomic E-state index is -1.03. The molecular formula is C18H21N3O4. The van der Waals surface area contributed by atoms with Crippen molar-refractivity contribution >= 4 is 11.9 Å². The van der Waals surface area contributed by atoms with Crippen LogP contribution >= 0.6 is 0 Å². The Morgan fingerprint density at radius 1 is 1.32 bits per heavy atom. The molecule has 0 radical (unpaired) electrons. The van der Waals surface area contributed by atoms with Crippen LogP contribution in [-0.4, -0.2) is 46.5 Å². The van der Waals surface area contributed by atoms with Crippen LogP contribution in [0.4, 0.5) is 0 Å². The minimum absolute atomic E-state index is 0.152. The lowest BCUT2D eigenvalue weighted by atomic mass is 10.2. The van der Waals surface area contributed by atoms with Gasteiger partial charge >= 0.3 is 5.97 Å². The smallest absolute Gasteiger partial charge is 0.329 e. The number of carbonyl (C=O) groups excluding carboxylic acids is 1. The first kappa shape index (κ1) is 17.2. The van der Waals surface area contributed by atoms with Crippen LogP contribution in [0.5, 0.6) is 0 Å². The van der Waals surface area contributed by atoms with Crippen LogP contribution in [0.25, 0.3) is 5.69 Å². The normalized spacial score (nSPS) is 12.8. The molecule has 0 unspecified atom stereocenters. The predicted octanol–water partition coefficient (Wildman–Crippen LogP) is 1.50. The second-order valence-electron chi connectivity index (χ2n) is 6.03. The molecule has 1 aliphatic rings. The number of aliphatic carboxylic acids is 1. The molecule has 0 fully saturated rings. The number of benzene rings is 1. The van der Waals surface area contributed by atoms with E-state index >= 15 is 0 Å². The zero-order valence-electron chi connectivity index (χ0n) is 14.1. The number of para-hydroxylation sites is 1. The summed E-state index contributed by atoms with van der Waals surface area (Å²) in [7, 11) is 0. The monoisotopic (exact) mass is 343 g/mol. The number of nitrogens with one attached hydrogen (secondary N) is 1. The highest BCUT2D eigenvalue weighted by atomic mass is 16.5. The fourth-order valence-corrected chi connectivity index (χ4v) is 3.10. The second kappa shape index (κ2) is 7.48. The summed E-state index contributed by atoms with van der Waals surface area (Å²) in [6.07, 6.45) is 2.77. The Bertz CT molecular complexity index is 798. The third kappa shape index (κ3) is 3.71. The number of amides is 1. The molecule has 1 aromatic heterocycles. The summed E-state index contributed by atoms with van der Waals surface area (Å²) in [5.41, 5.74) is 4.65. The number of aromatic nitrogens is 2. The van der Waals surface area contributed by atoms with Crippen LogP contribution in [0, 0.1) is 6.92 Å². The Kier molecular flexibility index (Phi) is 5.14. The van der Waals surface area contributed by atoms with Crippen molar-refractivity contribution in [2.24, 2.45) is 0 Å². The van der Waals surface area contributed by atoms with Crippen LogP contribution in [-0.2, 0) is 22.4 Å². The van der Waals surface area contributed by atoms with Gasteiger partial charge in [0, 0.05) is 17.8 Å². The molecule has 0 saturated heterocycles. The van der Waals surface area contributed by atoms with Crippen LogP contribution in [0.15, 0.2) is 24.3 Å². The molecule has 132 valence electrons. The standard InChI is InChI=1S/C18H21N3O4/c1-12-5-2-3-7-14(12)21-15-8-4-6-13(15)17(20-21)18(24)19-9-10-25-11-16(22)23/h2-3,5,7H,4,6,8-11H2,1H3,(H,19,24)(H,22,23). The lowest BCUT2D eigenvalue weighted by molar-refractivity contribution is -0.142. The number of fused-ring (bicyclic) bond motifs is 1. The number of nitrogens with zero attached hydrogens (tertiary/aromatic N) is 2. The van der Waals surface area contributed by atoms with E-state index in [1.165, 1.54) is 0 Å². The summed E-state index contributed by atoms with van der Waals surface area (Å²) in [6.45, 7) is 2.06. The van der Waals surface area contributed by atoms with Gasteiger partial charge in [-0.05, 0) is 37.8 Å². The largest absolute Gasteiger partial charge is 0.480 e. The van der Waals surface area contributed by atoms with E-state index in [1.807, 2.05) is 35.9 Å². The van der Waals surface area contributed by atoms with Crippen molar-refractivity contribution in [3.63, 3.8) is 0 Å². The van der Waals surface area contributed by atoms with Crippen LogP contribution in [0.1, 0.15) is 33.7 Å². The van der Waals surface area contributed by atoms with Gasteiger partial charge in [0.05, 0.1) is 12.3 Å². The van der Waals surface area contributed by atoms with Gasteiger partial charge in [0.25, 0.3) is 5.91 Å². The van der Waals surface area contributed by atoms with Crippen molar-refractivity contribution in [1.82, 2.24) is 15.1 Å². The Morgan fingerprint density at radius 2 is 2.12 bits per heavy atom. The summed E-state index contributed by atoms with van der Waals surface area (Å²) >= 11 is 0. The first-order valence-electron chi connectivity index (χ1n) is 8.32. The third-order valence-electron chi connectivity index (χ3n) is 4.25. The van der Waals surface area contributed by atoms with E-state index in [2.05, 4.69) is 10.4 Å². The van der Waals surface area contributed by atoms with Gasteiger partial charge in [0.2, 0.25) is 0 Å². The zero-order valence-corrected chi connectivity index (χ0v) is 14.1. The number of carbonyl (C=O) groups is 2. The SMILES string of the molecule is Cc1ccccc1-n1nc(C(=O)NCCOCC(=O)O)c2c1CCC2. The quantitative estimate of drug-likeness (QED) is 0.743. The maximum Gasteiger partial charge on any atom is 0.329 e. The molecule has 25 heavy (non-hydrogen) atoms. The Hall–Kier alpha value is -2.67. The highest BCUT2D eigenvalue weighted by molar-refractivity contribution is 5.94. The summed E-state index contributed by atoms with van der Waals surface area (Å²) in [4.78, 5) is 22.9. The summed E-state index contributed by atoms with van der Waals surface area (Å²) < 4.78 is 6.81. The third-order valence-corrected chi connectivity index (χ3v) is 4.25. The van der Waals surface area contributed by atoms with E-state index < -0.39 is 5.97 Å². The molecule has 0 aliphatic heterocycles. The molecule has 0 saturated carbocycles. The van der Waals surface area contributed by atoms with Crippen molar-refractivity contribution in [3.05, 3.63) is 46.8 Å². The molecule has 0 spiro atoms. The molecule has 2 aromatic rings. The van der Waals surface area contributed by atoms with Gasteiger partial charge in [-0.15, -0.1) is 0 Å². The van der Waals surface area contributed by atoms with E-state index in [0.717, 1.165) is 41.8 Å². The number of aryl methyl sites for hydroxylation is 1. The summed E-state index contributed by atoms with van der Waals surface area (Å²) in [6, 6.07) is 7.97. The number of hydrogen-bond acceptors (Lipinski definition) is 4. The van der Waals surface area contributed by atoms with Crippen LogP contribution in [0.2, 0.25) is 0 Å². The maximum atomic E-state index is 12.5. The molecule has 3 rings (SSSR count). The van der Waals surface area contributed by atoms with E-state index in [1.54, 1.807) is 0 Å². The number of rotatable bonds is 7. The summed E-state index contributed by atoms with van der Waals surface area (Å²) in [5, 5.41) is 15.8. The van der Waals surface area contributed by atoms with Crippen LogP contribution in [0.3, 0.4) is 0 Å². The van der Waals surface area contributed by atoms with Gasteiger partial charge in [-0.3, -0.25) is 4.79 Å². The van der Waals surface area contributed by atoms with E-state index in [-0.39, 0.29) is 25.7 Å². The number of carboxylic acids is 1. The Morgan fingerprint density at radius 3 is 2.88 bits per heavy atom. The molecular weight excluding hydrogens is 322 g/mol. The van der Waals surface area contributed by atoms with Crippen molar-refractivity contribution in [3.8, 4) is 5.69 Å². The molecule has 1 aliphatic carbocycles. The molecule has 1 aromatic carbocycles. The average molecular weight is 343 g/mol. The van der Waals surface area contributed by atoms with Gasteiger partial charge in [0.1, 0.15) is 6.61 Å². The topological polar surface area (TPSA) is 93.5 Å². The van der Waals surface area contributed by atoms with Gasteiger partial charge in [-0.1, -0.05) is 18.2 Å². The van der Waals surface area contributed by atoms with Gasteiger partial charge in [0.15, 0.2) is 5.69 Å². The molecule has 1 heterocycles. The molecule has 0 atom stereocenters. The Balaban J connectivity index is 1.75. The Labute approximate surface area is 145 Å². The lowest BCUT2D eigenvalue weighted by Crippen LogP contribution is -2.29. The molecule has 7 nitrogen and oxygen atoms in total. The van der Waals surface area contributed by atoms with Gasteiger partial charge in [-0.25, -0.2) is 9.48 Å². The highest BCUT2D eigenvalue weighted by Crippen LogP contribution is 2.28. The van der Waals surface area contributed by atoms with Gasteiger partial charge in [-0.2, -0.15) is 5.10 Å². The first-order chi connectivity index (χ1) is 12.1. The second-order valence-corrected chi connectivity index (χ2v) is 6.03. The van der Waals surface area contributed by atoms with E-state index in [0.29, 0.717) is 5.69 Å². The summed E-state index contributed by atoms with van der Waals surface area (Å²) in [5.74, 6) is -1.27. The van der Waals surface area contributed by atoms with E-state index in [9.17, 15) is 9.59 Å². The van der Waals surface area contributed by atoms with Crippen molar-refractivity contribution in [1.29, 1.82) is 0 Å². The lowest BCUT2D eigenvalue weighted by Gasteiger charge is -2.08. The van der Waals surface area contributed by atoms with Crippen molar-refractivity contribution in [2.45, 2.75) is 26.2 Å². The average Bonchev–Trinajstić information content (AvgIpc) is 3.17. The van der Waals surface area contributed by atoms with Gasteiger partial charge < -0.3 is 15.2 Å². The number of ether oxygens (including phenoxy) is 1. The maximum absolute atomic E-state index is 12.5. The first-order valence-corrected chi connectivity index (χ1v) is 8.32. The molecule has 7 heteroatoms. The molecule has 0 bridgehead atoms. The fourth-order valence-electron chi connectivity index (χ4n) is 3.10. The van der Waals surface area contributed by atoms with Crippen molar-refractivity contribution in [2.75, 3.05) is 19.8 Å². The number of hydrogen-bond donors (Lipinski definition) is 2. The van der Waals surface area contributed by atoms with Crippen LogP contribution < -0.4 is 5.32 Å². The minimum Gasteiger partial charge on any atom is -0.480 e. The predicted molar refractivity (Wildman–Crippen MR) is 91.1 cm³/mol. The molecule has 1 amide bonds. The fraction of sp³-hybridized carbons (Fsp3) is 0.389. The van der Waals surface area contributed by atoms with E-state index in [4.69, 9.17) is 9.84 Å². The number of carboxylic acid groups (broad SMARTS) is 1.